The molecular weight excluding hydrogens is 458 g/mol. The molecule has 2 N–H and O–H groups in total. The number of aromatic nitrogens is 2. The van der Waals surface area contributed by atoms with Crippen LogP contribution in [-0.2, 0) is 4.74 Å². The third-order valence-corrected chi connectivity index (χ3v) is 5.28. The topological polar surface area (TPSA) is 120 Å². The molecule has 35 heavy (non-hydrogen) atoms. The number of nitrogens with zero attached hydrogens (tertiary/aromatic N) is 4. The van der Waals surface area contributed by atoms with Crippen LogP contribution in [0.15, 0.2) is 30.5 Å². The summed E-state index contributed by atoms with van der Waals surface area (Å²) in [5.41, 5.74) is 0.355. The zero-order valence-electron chi connectivity index (χ0n) is 20.1. The molecule has 0 spiro atoms. The van der Waals surface area contributed by atoms with E-state index in [2.05, 4.69) is 20.6 Å². The Morgan fingerprint density at radius 2 is 2.03 bits per heavy atom. The van der Waals surface area contributed by atoms with Gasteiger partial charge in [-0.3, -0.25) is 4.79 Å². The summed E-state index contributed by atoms with van der Waals surface area (Å²) < 4.78 is 33.8. The number of ether oxygens (including phenoxy) is 1. The molecule has 0 saturated carbocycles. The number of halogens is 2. The number of pyridine rings is 2. The van der Waals surface area contributed by atoms with Gasteiger partial charge in [0.05, 0.1) is 24.2 Å². The lowest BCUT2D eigenvalue weighted by atomic mass is 9.98. The highest BCUT2D eigenvalue weighted by Gasteiger charge is 2.43. The number of anilines is 2. The molecule has 9 nitrogen and oxygen atoms in total. The Labute approximate surface area is 202 Å². The molecule has 2 amide bonds. The molecule has 11 heteroatoms. The zero-order valence-corrected chi connectivity index (χ0v) is 20.1. The Bertz CT molecular complexity index is 1140. The maximum absolute atomic E-state index is 14.3. The van der Waals surface area contributed by atoms with Crippen LogP contribution in [0.25, 0.3) is 0 Å². The predicted octanol–water partition coefficient (Wildman–Crippen LogP) is 4.16. The lowest BCUT2D eigenvalue weighted by Crippen LogP contribution is -2.54. The van der Waals surface area contributed by atoms with Gasteiger partial charge in [-0.05, 0) is 57.9 Å². The first-order chi connectivity index (χ1) is 16.4. The van der Waals surface area contributed by atoms with Crippen LogP contribution in [0.5, 0.6) is 0 Å². The SMILES string of the molecule is Cc1ccc(Nc2cc(C#N)ccn2)nc1C(=O)N1CC(F)(F)CCC1COC(=O)NC(C)(C)C. The van der Waals surface area contributed by atoms with Crippen molar-refractivity contribution in [3.8, 4) is 6.07 Å². The molecule has 1 fully saturated rings. The minimum atomic E-state index is -3.06. The number of carbonyl (C=O) groups is 2. The van der Waals surface area contributed by atoms with Gasteiger partial charge in [0.1, 0.15) is 23.9 Å². The number of carbonyl (C=O) groups excluding carboxylic acids is 2. The maximum Gasteiger partial charge on any atom is 0.407 e. The summed E-state index contributed by atoms with van der Waals surface area (Å²) in [6.45, 7) is 5.99. The molecule has 1 aliphatic rings. The molecule has 1 aliphatic heterocycles. The first kappa shape index (κ1) is 25.8. The number of aryl methyl sites for hydroxylation is 1. The van der Waals surface area contributed by atoms with E-state index in [-0.39, 0.29) is 24.5 Å². The Kier molecular flexibility index (Phi) is 7.53. The summed E-state index contributed by atoms with van der Waals surface area (Å²) in [7, 11) is 0. The average molecular weight is 487 g/mol. The highest BCUT2D eigenvalue weighted by atomic mass is 19.3. The smallest absolute Gasteiger partial charge is 0.407 e. The number of likely N-dealkylation sites (tertiary alicyclic amines) is 1. The largest absolute Gasteiger partial charge is 0.447 e. The minimum absolute atomic E-state index is 0.00622. The standard InChI is InChI=1S/C24H28F2N6O3/c1-15-5-6-18(29-19-11-16(12-27)8-10-28-19)30-20(15)21(33)32-14-24(25,26)9-7-17(32)13-35-22(34)31-23(2,3)4/h5-6,8,10-11,17H,7,9,13-14H2,1-4H3,(H,31,34)(H,28,29,30). The van der Waals surface area contributed by atoms with E-state index in [0.717, 1.165) is 4.90 Å². The second-order valence-electron chi connectivity index (χ2n) is 9.48. The van der Waals surface area contributed by atoms with E-state index in [1.54, 1.807) is 45.9 Å². The Morgan fingerprint density at radius 3 is 2.71 bits per heavy atom. The zero-order chi connectivity index (χ0) is 25.8. The molecule has 1 atom stereocenters. The normalized spacial score (nSPS) is 17.3. The van der Waals surface area contributed by atoms with E-state index < -0.39 is 42.5 Å². The minimum Gasteiger partial charge on any atom is -0.447 e. The summed E-state index contributed by atoms with van der Waals surface area (Å²) >= 11 is 0. The van der Waals surface area contributed by atoms with Crippen LogP contribution in [0.3, 0.4) is 0 Å². The van der Waals surface area contributed by atoms with Gasteiger partial charge in [0.25, 0.3) is 11.8 Å². The Hall–Kier alpha value is -3.81. The lowest BCUT2D eigenvalue weighted by molar-refractivity contribution is -0.0792. The summed E-state index contributed by atoms with van der Waals surface area (Å²) in [4.78, 5) is 34.9. The van der Waals surface area contributed by atoms with E-state index in [0.29, 0.717) is 16.9 Å². The third-order valence-electron chi connectivity index (χ3n) is 5.28. The first-order valence-electron chi connectivity index (χ1n) is 11.1. The van der Waals surface area contributed by atoms with Gasteiger partial charge in [0, 0.05) is 18.2 Å². The van der Waals surface area contributed by atoms with Crippen molar-refractivity contribution in [2.75, 3.05) is 18.5 Å². The molecule has 3 rings (SSSR count). The maximum atomic E-state index is 14.3. The number of alkyl carbamates (subject to hydrolysis) is 1. The monoisotopic (exact) mass is 486 g/mol. The highest BCUT2D eigenvalue weighted by Crippen LogP contribution is 2.32. The molecular formula is C24H28F2N6O3. The quantitative estimate of drug-likeness (QED) is 0.651. The summed E-state index contributed by atoms with van der Waals surface area (Å²) in [6, 6.07) is 7.61. The number of nitrogens with one attached hydrogen (secondary N) is 2. The Morgan fingerprint density at radius 1 is 1.29 bits per heavy atom. The number of hydrogen-bond acceptors (Lipinski definition) is 7. The van der Waals surface area contributed by atoms with Crippen LogP contribution in [0.4, 0.5) is 25.2 Å². The van der Waals surface area contributed by atoms with Crippen molar-refractivity contribution in [3.63, 3.8) is 0 Å². The fourth-order valence-corrected chi connectivity index (χ4v) is 3.57. The molecule has 186 valence electrons. The predicted molar refractivity (Wildman–Crippen MR) is 124 cm³/mol. The number of piperidine rings is 1. The number of rotatable bonds is 5. The van der Waals surface area contributed by atoms with Gasteiger partial charge in [0.15, 0.2) is 0 Å². The molecule has 1 saturated heterocycles. The van der Waals surface area contributed by atoms with Gasteiger partial charge >= 0.3 is 6.09 Å². The van der Waals surface area contributed by atoms with Crippen LogP contribution in [0, 0.1) is 18.3 Å². The van der Waals surface area contributed by atoms with Crippen molar-refractivity contribution in [2.24, 2.45) is 0 Å². The molecule has 2 aromatic rings. The van der Waals surface area contributed by atoms with E-state index in [1.165, 1.54) is 12.3 Å². The second-order valence-corrected chi connectivity index (χ2v) is 9.48. The number of nitriles is 1. The lowest BCUT2D eigenvalue weighted by Gasteiger charge is -2.39. The second kappa shape index (κ2) is 10.2. The van der Waals surface area contributed by atoms with Gasteiger partial charge < -0.3 is 20.3 Å². The van der Waals surface area contributed by atoms with Crippen molar-refractivity contribution in [3.05, 3.63) is 47.3 Å². The van der Waals surface area contributed by atoms with Crippen LogP contribution in [0.1, 0.15) is 55.2 Å². The van der Waals surface area contributed by atoms with Crippen LogP contribution in [0.2, 0.25) is 0 Å². The molecule has 0 radical (unpaired) electrons. The number of amides is 2. The molecule has 0 aromatic carbocycles. The molecule has 1 unspecified atom stereocenters. The van der Waals surface area contributed by atoms with Crippen molar-refractivity contribution in [1.29, 1.82) is 5.26 Å². The van der Waals surface area contributed by atoms with E-state index in [1.807, 2.05) is 6.07 Å². The van der Waals surface area contributed by atoms with Crippen molar-refractivity contribution >= 4 is 23.6 Å². The third kappa shape index (κ3) is 7.09. The fourth-order valence-electron chi connectivity index (χ4n) is 3.57. The van der Waals surface area contributed by atoms with Crippen LogP contribution >= 0.6 is 0 Å². The fraction of sp³-hybridized carbons (Fsp3) is 0.458. The van der Waals surface area contributed by atoms with Crippen molar-refractivity contribution < 1.29 is 23.1 Å². The summed E-state index contributed by atoms with van der Waals surface area (Å²) in [6.07, 6.45) is 0.330. The summed E-state index contributed by atoms with van der Waals surface area (Å²) in [5.74, 6) is -3.14. The van der Waals surface area contributed by atoms with Gasteiger partial charge in [-0.2, -0.15) is 5.26 Å². The molecule has 2 aromatic heterocycles. The Balaban J connectivity index is 1.81. The van der Waals surface area contributed by atoms with Crippen LogP contribution in [-0.4, -0.2) is 57.5 Å². The van der Waals surface area contributed by atoms with Crippen molar-refractivity contribution in [1.82, 2.24) is 20.2 Å². The van der Waals surface area contributed by atoms with Gasteiger partial charge in [0.2, 0.25) is 0 Å². The molecule has 0 bridgehead atoms. The molecule has 3 heterocycles. The van der Waals surface area contributed by atoms with E-state index >= 15 is 0 Å². The van der Waals surface area contributed by atoms with Gasteiger partial charge in [-0.1, -0.05) is 6.07 Å². The van der Waals surface area contributed by atoms with Crippen molar-refractivity contribution in [2.45, 2.75) is 58.0 Å². The van der Waals surface area contributed by atoms with E-state index in [4.69, 9.17) is 10.00 Å². The van der Waals surface area contributed by atoms with Gasteiger partial charge in [-0.15, -0.1) is 0 Å². The van der Waals surface area contributed by atoms with Gasteiger partial charge in [-0.25, -0.2) is 23.5 Å². The number of hydrogen-bond donors (Lipinski definition) is 2. The highest BCUT2D eigenvalue weighted by molar-refractivity contribution is 5.94. The number of alkyl halides is 2. The molecule has 0 aliphatic carbocycles. The average Bonchev–Trinajstić information content (AvgIpc) is 2.77. The summed E-state index contributed by atoms with van der Waals surface area (Å²) in [5, 5.41) is 14.6. The van der Waals surface area contributed by atoms with Crippen LogP contribution < -0.4 is 10.6 Å². The van der Waals surface area contributed by atoms with E-state index in [9.17, 15) is 18.4 Å². The first-order valence-corrected chi connectivity index (χ1v) is 11.1.